The molecule has 0 heterocycles. The van der Waals surface area contributed by atoms with Crippen LogP contribution in [-0.2, 0) is 11.2 Å². The smallest absolute Gasteiger partial charge is 0.262 e. The molecule has 0 aromatic heterocycles. The molecule has 0 aliphatic heterocycles. The number of amides is 1. The average molecular weight is 299 g/mol. The van der Waals surface area contributed by atoms with E-state index in [0.717, 1.165) is 17.9 Å². The van der Waals surface area contributed by atoms with E-state index in [1.165, 1.54) is 5.56 Å². The number of nitrogens with one attached hydrogen (secondary N) is 1. The van der Waals surface area contributed by atoms with Crippen LogP contribution in [-0.4, -0.2) is 19.1 Å². The molecule has 116 valence electrons. The van der Waals surface area contributed by atoms with E-state index in [9.17, 15) is 4.79 Å². The van der Waals surface area contributed by atoms with Gasteiger partial charge in [-0.25, -0.2) is 0 Å². The topological polar surface area (TPSA) is 47.6 Å². The maximum atomic E-state index is 11.9. The summed E-state index contributed by atoms with van der Waals surface area (Å²) in [7, 11) is 0. The fourth-order valence-corrected chi connectivity index (χ4v) is 2.01. The first kappa shape index (κ1) is 15.9. The van der Waals surface area contributed by atoms with Crippen molar-refractivity contribution in [3.63, 3.8) is 0 Å². The molecular formula is C18H21NO3. The summed E-state index contributed by atoms with van der Waals surface area (Å²) in [6.07, 6.45) is 0.937. The molecule has 0 saturated carbocycles. The number of hydrogen-bond donors (Lipinski definition) is 1. The van der Waals surface area contributed by atoms with Crippen LogP contribution in [0.15, 0.2) is 48.5 Å². The molecule has 1 amide bonds. The zero-order valence-electron chi connectivity index (χ0n) is 13.0. The number of benzene rings is 2. The maximum absolute atomic E-state index is 11.9. The molecule has 2 aromatic carbocycles. The average Bonchev–Trinajstić information content (AvgIpc) is 2.55. The number of aryl methyl sites for hydroxylation is 1. The monoisotopic (exact) mass is 299 g/mol. The summed E-state index contributed by atoms with van der Waals surface area (Å²) in [4.78, 5) is 11.9. The summed E-state index contributed by atoms with van der Waals surface area (Å²) in [6, 6.07) is 15.0. The van der Waals surface area contributed by atoms with Crippen LogP contribution in [0.25, 0.3) is 0 Å². The molecule has 0 saturated heterocycles. The van der Waals surface area contributed by atoms with Crippen molar-refractivity contribution >= 4 is 11.6 Å². The van der Waals surface area contributed by atoms with Crippen molar-refractivity contribution in [1.29, 1.82) is 0 Å². The van der Waals surface area contributed by atoms with Crippen molar-refractivity contribution in [2.24, 2.45) is 0 Å². The standard InChI is InChI=1S/C18H21NO3/c1-3-14-6-5-7-15(12-14)19-18(20)13-22-17-10-8-16(9-11-17)21-4-2/h5-12H,3-4,13H2,1-2H3,(H,19,20). The van der Waals surface area contributed by atoms with Gasteiger partial charge in [-0.05, 0) is 55.3 Å². The quantitative estimate of drug-likeness (QED) is 0.848. The fourth-order valence-electron chi connectivity index (χ4n) is 2.01. The van der Waals surface area contributed by atoms with Crippen LogP contribution < -0.4 is 14.8 Å². The van der Waals surface area contributed by atoms with Gasteiger partial charge < -0.3 is 14.8 Å². The normalized spacial score (nSPS) is 10.1. The first-order valence-corrected chi connectivity index (χ1v) is 7.45. The Bertz CT molecular complexity index is 608. The van der Waals surface area contributed by atoms with Crippen LogP contribution in [0.5, 0.6) is 11.5 Å². The summed E-state index contributed by atoms with van der Waals surface area (Å²) in [5, 5.41) is 2.83. The molecule has 4 nitrogen and oxygen atoms in total. The minimum atomic E-state index is -0.179. The molecular weight excluding hydrogens is 278 g/mol. The van der Waals surface area contributed by atoms with Crippen LogP contribution in [0.4, 0.5) is 5.69 Å². The van der Waals surface area contributed by atoms with Crippen LogP contribution in [0.3, 0.4) is 0 Å². The number of ether oxygens (including phenoxy) is 2. The third-order valence-corrected chi connectivity index (χ3v) is 3.12. The van der Waals surface area contributed by atoms with Crippen molar-refractivity contribution in [3.8, 4) is 11.5 Å². The van der Waals surface area contributed by atoms with Crippen molar-refractivity contribution in [2.75, 3.05) is 18.5 Å². The van der Waals surface area contributed by atoms with Gasteiger partial charge in [-0.15, -0.1) is 0 Å². The molecule has 2 rings (SSSR count). The van der Waals surface area contributed by atoms with Crippen LogP contribution >= 0.6 is 0 Å². The minimum absolute atomic E-state index is 0.0235. The highest BCUT2D eigenvalue weighted by molar-refractivity contribution is 5.91. The first-order valence-electron chi connectivity index (χ1n) is 7.45. The predicted molar refractivity (Wildman–Crippen MR) is 87.6 cm³/mol. The number of hydrogen-bond acceptors (Lipinski definition) is 3. The molecule has 2 aromatic rings. The molecule has 0 bridgehead atoms. The molecule has 0 aliphatic carbocycles. The van der Waals surface area contributed by atoms with Gasteiger partial charge in [0.2, 0.25) is 0 Å². The van der Waals surface area contributed by atoms with Gasteiger partial charge in [-0.1, -0.05) is 19.1 Å². The lowest BCUT2D eigenvalue weighted by Crippen LogP contribution is -2.20. The van der Waals surface area contributed by atoms with E-state index in [1.54, 1.807) is 12.1 Å². The highest BCUT2D eigenvalue weighted by Gasteiger charge is 2.04. The zero-order valence-corrected chi connectivity index (χ0v) is 13.0. The SMILES string of the molecule is CCOc1ccc(OCC(=O)Nc2cccc(CC)c2)cc1. The number of carbonyl (C=O) groups is 1. The Labute approximate surface area is 131 Å². The molecule has 0 aliphatic rings. The number of anilines is 1. The van der Waals surface area contributed by atoms with E-state index in [1.807, 2.05) is 43.3 Å². The van der Waals surface area contributed by atoms with Crippen LogP contribution in [0, 0.1) is 0 Å². The first-order chi connectivity index (χ1) is 10.7. The molecule has 22 heavy (non-hydrogen) atoms. The third kappa shape index (κ3) is 4.81. The lowest BCUT2D eigenvalue weighted by atomic mass is 10.1. The van der Waals surface area contributed by atoms with E-state index in [0.29, 0.717) is 12.4 Å². The summed E-state index contributed by atoms with van der Waals surface area (Å²) in [5.74, 6) is 1.25. The summed E-state index contributed by atoms with van der Waals surface area (Å²) in [5.41, 5.74) is 1.98. The number of rotatable bonds is 7. The molecule has 0 radical (unpaired) electrons. The Morgan fingerprint density at radius 1 is 1.00 bits per heavy atom. The van der Waals surface area contributed by atoms with E-state index in [-0.39, 0.29) is 12.5 Å². The minimum Gasteiger partial charge on any atom is -0.494 e. The van der Waals surface area contributed by atoms with Crippen molar-refractivity contribution in [1.82, 2.24) is 0 Å². The highest BCUT2D eigenvalue weighted by atomic mass is 16.5. The van der Waals surface area contributed by atoms with Crippen molar-refractivity contribution in [3.05, 3.63) is 54.1 Å². The van der Waals surface area contributed by atoms with Crippen molar-refractivity contribution in [2.45, 2.75) is 20.3 Å². The second kappa shape index (κ2) is 8.08. The molecule has 0 spiro atoms. The highest BCUT2D eigenvalue weighted by Crippen LogP contribution is 2.17. The van der Waals surface area contributed by atoms with Gasteiger partial charge in [0, 0.05) is 5.69 Å². The van der Waals surface area contributed by atoms with E-state index >= 15 is 0 Å². The maximum Gasteiger partial charge on any atom is 0.262 e. The van der Waals surface area contributed by atoms with Crippen LogP contribution in [0.2, 0.25) is 0 Å². The Morgan fingerprint density at radius 2 is 1.68 bits per heavy atom. The Kier molecular flexibility index (Phi) is 5.83. The van der Waals surface area contributed by atoms with Gasteiger partial charge in [-0.2, -0.15) is 0 Å². The molecule has 4 heteroatoms. The Morgan fingerprint density at radius 3 is 2.32 bits per heavy atom. The summed E-state index contributed by atoms with van der Waals surface area (Å²) >= 11 is 0. The third-order valence-electron chi connectivity index (χ3n) is 3.12. The predicted octanol–water partition coefficient (Wildman–Crippen LogP) is 3.67. The Balaban J connectivity index is 1.84. The second-order valence-electron chi connectivity index (χ2n) is 4.80. The number of carbonyl (C=O) groups excluding carboxylic acids is 1. The fraction of sp³-hybridized carbons (Fsp3) is 0.278. The largest absolute Gasteiger partial charge is 0.494 e. The van der Waals surface area contributed by atoms with Gasteiger partial charge in [0.1, 0.15) is 11.5 Å². The molecule has 0 fully saturated rings. The molecule has 0 atom stereocenters. The van der Waals surface area contributed by atoms with E-state index in [2.05, 4.69) is 12.2 Å². The lowest BCUT2D eigenvalue weighted by molar-refractivity contribution is -0.118. The summed E-state index contributed by atoms with van der Waals surface area (Å²) in [6.45, 7) is 4.61. The van der Waals surface area contributed by atoms with Crippen LogP contribution in [0.1, 0.15) is 19.4 Å². The molecule has 1 N–H and O–H groups in total. The Hall–Kier alpha value is -2.49. The van der Waals surface area contributed by atoms with Gasteiger partial charge >= 0.3 is 0 Å². The van der Waals surface area contributed by atoms with E-state index in [4.69, 9.17) is 9.47 Å². The van der Waals surface area contributed by atoms with Gasteiger partial charge in [0.25, 0.3) is 5.91 Å². The lowest BCUT2D eigenvalue weighted by Gasteiger charge is -2.09. The zero-order chi connectivity index (χ0) is 15.8. The summed E-state index contributed by atoms with van der Waals surface area (Å²) < 4.78 is 10.8. The van der Waals surface area contributed by atoms with E-state index < -0.39 is 0 Å². The van der Waals surface area contributed by atoms with Crippen molar-refractivity contribution < 1.29 is 14.3 Å². The molecule has 0 unspecified atom stereocenters. The van der Waals surface area contributed by atoms with Gasteiger partial charge in [-0.3, -0.25) is 4.79 Å². The second-order valence-corrected chi connectivity index (χ2v) is 4.80. The van der Waals surface area contributed by atoms with Gasteiger partial charge in [0.15, 0.2) is 6.61 Å². The van der Waals surface area contributed by atoms with Gasteiger partial charge in [0.05, 0.1) is 6.61 Å².